The van der Waals surface area contributed by atoms with Gasteiger partial charge < -0.3 is 30.1 Å². The minimum atomic E-state index is -0.932. The van der Waals surface area contributed by atoms with Gasteiger partial charge in [0, 0.05) is 54.3 Å². The van der Waals surface area contributed by atoms with Gasteiger partial charge in [0.1, 0.15) is 23.0 Å². The topological polar surface area (TPSA) is 131 Å². The lowest BCUT2D eigenvalue weighted by molar-refractivity contribution is 0.102. The summed E-state index contributed by atoms with van der Waals surface area (Å²) in [7, 11) is 3.23. The number of para-hydroxylation sites is 1. The molecule has 236 valence electrons. The van der Waals surface area contributed by atoms with Crippen LogP contribution >= 0.6 is 22.6 Å². The number of methoxy groups -OCH3 is 2. The third-order valence-electron chi connectivity index (χ3n) is 8.09. The van der Waals surface area contributed by atoms with Crippen LogP contribution in [0.15, 0.2) is 79.0 Å². The molecule has 3 N–H and O–H groups in total. The third-order valence-corrected chi connectivity index (χ3v) is 8.88. The number of nitrogens with zero attached hydrogens (tertiary/aromatic N) is 4. The molecule has 5 aromatic rings. The maximum Gasteiger partial charge on any atom is 0.407 e. The van der Waals surface area contributed by atoms with Gasteiger partial charge in [-0.25, -0.2) is 9.78 Å². The maximum absolute atomic E-state index is 13.0. The Labute approximate surface area is 279 Å². The van der Waals surface area contributed by atoms with E-state index in [1.807, 2.05) is 65.3 Å². The van der Waals surface area contributed by atoms with Crippen molar-refractivity contribution in [3.8, 4) is 22.8 Å². The summed E-state index contributed by atoms with van der Waals surface area (Å²) in [5, 5.41) is 22.1. The van der Waals surface area contributed by atoms with Crippen LogP contribution in [0.5, 0.6) is 11.5 Å². The third kappa shape index (κ3) is 6.43. The minimum Gasteiger partial charge on any atom is -0.497 e. The average molecular weight is 733 g/mol. The highest BCUT2D eigenvalue weighted by Gasteiger charge is 2.29. The number of rotatable bonds is 9. The zero-order valence-corrected chi connectivity index (χ0v) is 27.5. The van der Waals surface area contributed by atoms with Crippen molar-refractivity contribution in [2.45, 2.75) is 25.4 Å². The Kier molecular flexibility index (Phi) is 9.24. The van der Waals surface area contributed by atoms with Crippen molar-refractivity contribution >= 4 is 57.0 Å². The second-order valence-corrected chi connectivity index (χ2v) is 12.1. The van der Waals surface area contributed by atoms with Gasteiger partial charge >= 0.3 is 6.09 Å². The fourth-order valence-corrected chi connectivity index (χ4v) is 6.40. The van der Waals surface area contributed by atoms with Gasteiger partial charge in [0.05, 0.1) is 34.7 Å². The largest absolute Gasteiger partial charge is 0.497 e. The zero-order valence-electron chi connectivity index (χ0n) is 25.4. The molecule has 1 fully saturated rings. The number of carbonyl (C=O) groups is 2. The Morgan fingerprint density at radius 2 is 1.83 bits per heavy atom. The van der Waals surface area contributed by atoms with E-state index in [1.165, 1.54) is 4.90 Å². The van der Waals surface area contributed by atoms with E-state index < -0.39 is 6.09 Å². The van der Waals surface area contributed by atoms with Crippen molar-refractivity contribution in [3.05, 3.63) is 93.7 Å². The minimum absolute atomic E-state index is 0.150. The van der Waals surface area contributed by atoms with E-state index in [2.05, 4.69) is 33.2 Å². The van der Waals surface area contributed by atoms with Crippen LogP contribution in [-0.2, 0) is 6.54 Å². The van der Waals surface area contributed by atoms with E-state index in [4.69, 9.17) is 19.6 Å². The van der Waals surface area contributed by atoms with Crippen molar-refractivity contribution in [2.24, 2.45) is 0 Å². The molecule has 2 amide bonds. The first-order valence-electron chi connectivity index (χ1n) is 14.8. The first-order valence-corrected chi connectivity index (χ1v) is 15.9. The molecule has 0 radical (unpaired) electrons. The van der Waals surface area contributed by atoms with Gasteiger partial charge in [0.2, 0.25) is 0 Å². The number of hydrogen-bond acceptors (Lipinski definition) is 7. The fraction of sp³-hybridized carbons (Fsp3) is 0.235. The molecule has 1 aliphatic rings. The number of benzene rings is 3. The van der Waals surface area contributed by atoms with Crippen molar-refractivity contribution < 1.29 is 24.2 Å². The number of likely N-dealkylation sites (tertiary alicyclic amines) is 1. The summed E-state index contributed by atoms with van der Waals surface area (Å²) in [4.78, 5) is 31.1. The Morgan fingerprint density at radius 3 is 2.54 bits per heavy atom. The monoisotopic (exact) mass is 732 g/mol. The number of pyridine rings is 1. The number of nitrogens with one attached hydrogen (secondary N) is 2. The van der Waals surface area contributed by atoms with E-state index in [-0.39, 0.29) is 11.9 Å². The molecule has 2 aromatic heterocycles. The molecule has 3 aromatic carbocycles. The van der Waals surface area contributed by atoms with Crippen molar-refractivity contribution in [2.75, 3.05) is 37.9 Å². The van der Waals surface area contributed by atoms with E-state index in [1.54, 1.807) is 32.5 Å². The maximum atomic E-state index is 13.0. The summed E-state index contributed by atoms with van der Waals surface area (Å²) in [6.07, 6.45) is 2.40. The summed E-state index contributed by atoms with van der Waals surface area (Å²) >= 11 is 2.26. The number of ether oxygens (including phenoxy) is 2. The van der Waals surface area contributed by atoms with Crippen molar-refractivity contribution in [1.29, 1.82) is 0 Å². The van der Waals surface area contributed by atoms with Gasteiger partial charge in [-0.2, -0.15) is 5.10 Å². The molecule has 1 unspecified atom stereocenters. The molecule has 0 spiro atoms. The summed E-state index contributed by atoms with van der Waals surface area (Å²) < 4.78 is 13.8. The fourth-order valence-electron chi connectivity index (χ4n) is 5.74. The first-order chi connectivity index (χ1) is 22.4. The van der Waals surface area contributed by atoms with Gasteiger partial charge in [0.15, 0.2) is 0 Å². The number of carboxylic acid groups (broad SMARTS) is 1. The van der Waals surface area contributed by atoms with Crippen LogP contribution in [0.4, 0.5) is 16.3 Å². The molecule has 3 heterocycles. The molecule has 1 aliphatic heterocycles. The molecular weight excluding hydrogens is 699 g/mol. The second kappa shape index (κ2) is 13.6. The molecule has 12 heteroatoms. The van der Waals surface area contributed by atoms with Gasteiger partial charge in [-0.05, 0) is 71.8 Å². The number of aromatic nitrogens is 3. The lowest BCUT2D eigenvalue weighted by Gasteiger charge is -2.31. The predicted octanol–water partition coefficient (Wildman–Crippen LogP) is 6.90. The highest BCUT2D eigenvalue weighted by atomic mass is 127. The number of halogens is 1. The zero-order chi connectivity index (χ0) is 32.2. The van der Waals surface area contributed by atoms with Crippen molar-refractivity contribution in [3.63, 3.8) is 0 Å². The number of carbonyl (C=O) groups excluding carboxylic acids is 1. The second-order valence-electron chi connectivity index (χ2n) is 10.9. The highest BCUT2D eigenvalue weighted by Crippen LogP contribution is 2.38. The molecule has 11 nitrogen and oxygen atoms in total. The quantitative estimate of drug-likeness (QED) is 0.140. The van der Waals surface area contributed by atoms with Crippen molar-refractivity contribution in [1.82, 2.24) is 19.7 Å². The van der Waals surface area contributed by atoms with Crippen LogP contribution in [0.3, 0.4) is 0 Å². The predicted molar refractivity (Wildman–Crippen MR) is 185 cm³/mol. The van der Waals surface area contributed by atoms with Gasteiger partial charge in [-0.1, -0.05) is 30.3 Å². The summed E-state index contributed by atoms with van der Waals surface area (Å²) in [6, 6.07) is 22.1. The molecule has 6 rings (SSSR count). The van der Waals surface area contributed by atoms with Gasteiger partial charge in [-0.15, -0.1) is 0 Å². The van der Waals surface area contributed by atoms with E-state index in [0.717, 1.165) is 38.4 Å². The van der Waals surface area contributed by atoms with Gasteiger partial charge in [0.25, 0.3) is 5.91 Å². The Hall–Kier alpha value is -4.85. The average Bonchev–Trinajstić information content (AvgIpc) is 3.50. The normalized spacial score (nSPS) is 14.6. The van der Waals surface area contributed by atoms with Crippen LogP contribution in [0, 0.1) is 3.57 Å². The number of piperidine rings is 1. The molecule has 0 aliphatic carbocycles. The van der Waals surface area contributed by atoms with Crippen LogP contribution in [0.1, 0.15) is 34.8 Å². The lowest BCUT2D eigenvalue weighted by Crippen LogP contribution is -2.40. The Morgan fingerprint density at radius 1 is 1.04 bits per heavy atom. The highest BCUT2D eigenvalue weighted by molar-refractivity contribution is 14.1. The summed E-state index contributed by atoms with van der Waals surface area (Å²) in [5.74, 6) is 1.80. The van der Waals surface area contributed by atoms with E-state index >= 15 is 0 Å². The lowest BCUT2D eigenvalue weighted by atomic mass is 10.0. The first kappa shape index (κ1) is 31.1. The Balaban J connectivity index is 1.40. The molecule has 1 atom stereocenters. The number of anilines is 2. The van der Waals surface area contributed by atoms with E-state index in [9.17, 15) is 14.7 Å². The smallest absolute Gasteiger partial charge is 0.407 e. The summed E-state index contributed by atoms with van der Waals surface area (Å²) in [5.41, 5.74) is 4.52. The number of hydrogen-bond donors (Lipinski definition) is 3. The standard InChI is InChI=1S/C34H33IN6O5/c1-45-26-15-14-23(28(17-26)46-2)18-36-32-29-30(21-10-12-22(13-11-21)33(42)38-24-7-4-3-5-8-24)39-41(31(29)27(35)19-37-32)25-9-6-16-40(20-25)34(43)44/h3-5,7-8,10-15,17,19,25H,6,9,16,18,20H2,1-2H3,(H,36,37)(H,38,42)(H,43,44). The molecule has 46 heavy (non-hydrogen) atoms. The number of fused-ring (bicyclic) bond motifs is 1. The SMILES string of the molecule is COc1ccc(CNc2ncc(I)c3c2c(-c2ccc(C(=O)Nc4ccccc4)cc2)nn3C2CCCN(C(=O)O)C2)c(OC)c1. The van der Waals surface area contributed by atoms with Crippen LogP contribution in [0.25, 0.3) is 22.2 Å². The van der Waals surface area contributed by atoms with Gasteiger partial charge in [-0.3, -0.25) is 9.48 Å². The Bertz CT molecular complexity index is 1880. The molecule has 0 saturated carbocycles. The van der Waals surface area contributed by atoms with E-state index in [0.29, 0.717) is 53.9 Å². The number of amides is 2. The van der Waals surface area contributed by atoms with Crippen LogP contribution < -0.4 is 20.1 Å². The summed E-state index contributed by atoms with van der Waals surface area (Å²) in [6.45, 7) is 1.27. The molecule has 1 saturated heterocycles. The molecule has 0 bridgehead atoms. The van der Waals surface area contributed by atoms with Crippen LogP contribution in [-0.4, -0.2) is 64.1 Å². The van der Waals surface area contributed by atoms with Crippen LogP contribution in [0.2, 0.25) is 0 Å². The molecular formula is C34H33IN6O5.